The number of halogens is 1. The first kappa shape index (κ1) is 17.7. The highest BCUT2D eigenvalue weighted by Gasteiger charge is 2.17. The summed E-state index contributed by atoms with van der Waals surface area (Å²) >= 11 is 6.21. The van der Waals surface area contributed by atoms with Gasteiger partial charge in [0.15, 0.2) is 0 Å². The Bertz CT molecular complexity index is 1090. The molecule has 7 nitrogen and oxygen atoms in total. The number of nitrogen functional groups attached to an aromatic ring is 1. The second-order valence-corrected chi connectivity index (χ2v) is 6.20. The molecule has 8 heteroatoms. The normalized spacial score (nSPS) is 11.9. The number of nitrogens with two attached hydrogens (primary N) is 1. The maximum absolute atomic E-state index is 12.9. The first-order chi connectivity index (χ1) is 12.5. The summed E-state index contributed by atoms with van der Waals surface area (Å²) in [4.78, 5) is 20.8. The van der Waals surface area contributed by atoms with Crippen LogP contribution in [0, 0.1) is 11.3 Å². The zero-order valence-corrected chi connectivity index (χ0v) is 15.1. The third-order valence-electron chi connectivity index (χ3n) is 4.16. The van der Waals surface area contributed by atoms with Crippen LogP contribution in [0.3, 0.4) is 0 Å². The van der Waals surface area contributed by atoms with Crippen molar-refractivity contribution in [1.29, 1.82) is 5.26 Å². The van der Waals surface area contributed by atoms with E-state index in [1.165, 1.54) is 6.20 Å². The van der Waals surface area contributed by atoms with Gasteiger partial charge in [-0.1, -0.05) is 23.7 Å². The summed E-state index contributed by atoms with van der Waals surface area (Å²) in [5.41, 5.74) is 6.51. The van der Waals surface area contributed by atoms with Crippen LogP contribution in [0.15, 0.2) is 35.3 Å². The van der Waals surface area contributed by atoms with Gasteiger partial charge in [-0.25, -0.2) is 4.98 Å². The van der Waals surface area contributed by atoms with Crippen LogP contribution in [0.5, 0.6) is 0 Å². The fourth-order valence-corrected chi connectivity index (χ4v) is 3.19. The number of fused-ring (bicyclic) bond motifs is 1. The monoisotopic (exact) mass is 368 g/mol. The van der Waals surface area contributed by atoms with Crippen molar-refractivity contribution in [3.63, 3.8) is 0 Å². The molecule has 2 aromatic heterocycles. The van der Waals surface area contributed by atoms with Crippen molar-refractivity contribution < 1.29 is 0 Å². The molecule has 1 aromatic carbocycles. The predicted molar refractivity (Wildman–Crippen MR) is 102 cm³/mol. The quantitative estimate of drug-likeness (QED) is 0.732. The second kappa shape index (κ2) is 7.02. The first-order valence-electron chi connectivity index (χ1n) is 8.07. The molecule has 2 heterocycles. The number of rotatable bonds is 4. The van der Waals surface area contributed by atoms with Gasteiger partial charge in [-0.3, -0.25) is 4.79 Å². The van der Waals surface area contributed by atoms with E-state index in [2.05, 4.69) is 15.3 Å². The number of hydrogen-bond acceptors (Lipinski definition) is 6. The van der Waals surface area contributed by atoms with Gasteiger partial charge in [-0.05, 0) is 31.4 Å². The smallest absolute Gasteiger partial charge is 0.260 e. The molecule has 26 heavy (non-hydrogen) atoms. The minimum absolute atomic E-state index is 0.0666. The van der Waals surface area contributed by atoms with Gasteiger partial charge in [0.2, 0.25) is 5.95 Å². The van der Waals surface area contributed by atoms with Crippen LogP contribution in [0.2, 0.25) is 5.02 Å². The van der Waals surface area contributed by atoms with Crippen LogP contribution in [-0.4, -0.2) is 14.5 Å². The highest BCUT2D eigenvalue weighted by Crippen LogP contribution is 2.25. The molecule has 0 bridgehead atoms. The average molecular weight is 369 g/mol. The average Bonchev–Trinajstić information content (AvgIpc) is 2.61. The maximum Gasteiger partial charge on any atom is 0.260 e. The number of aromatic nitrogens is 3. The van der Waals surface area contributed by atoms with E-state index >= 15 is 0 Å². The summed E-state index contributed by atoms with van der Waals surface area (Å²) in [6.45, 7) is 4.26. The number of nitrogens with zero attached hydrogens (tertiary/aromatic N) is 4. The van der Waals surface area contributed by atoms with Crippen LogP contribution in [-0.2, 0) is 6.54 Å². The molecule has 0 spiro atoms. The van der Waals surface area contributed by atoms with Crippen molar-refractivity contribution in [2.45, 2.75) is 26.4 Å². The van der Waals surface area contributed by atoms with Crippen molar-refractivity contribution >= 4 is 34.1 Å². The second-order valence-electron chi connectivity index (χ2n) is 5.79. The molecule has 3 N–H and O–H groups in total. The van der Waals surface area contributed by atoms with Gasteiger partial charge < -0.3 is 15.6 Å². The molecule has 3 aromatic rings. The number of anilines is 2. The zero-order valence-electron chi connectivity index (χ0n) is 14.3. The summed E-state index contributed by atoms with van der Waals surface area (Å²) in [6.07, 6.45) is 1.37. The molecule has 0 fully saturated rings. The Morgan fingerprint density at radius 1 is 1.46 bits per heavy atom. The largest absolute Gasteiger partial charge is 0.368 e. The molecule has 1 atom stereocenters. The third-order valence-corrected chi connectivity index (χ3v) is 4.48. The molecule has 0 aliphatic rings. The Hall–Kier alpha value is -3.11. The number of pyridine rings is 1. The first-order valence-corrected chi connectivity index (χ1v) is 8.45. The summed E-state index contributed by atoms with van der Waals surface area (Å²) in [6, 6.07) is 9.01. The van der Waals surface area contributed by atoms with Crippen LogP contribution >= 0.6 is 11.6 Å². The van der Waals surface area contributed by atoms with Crippen LogP contribution in [0.25, 0.3) is 10.8 Å². The predicted octanol–water partition coefficient (Wildman–Crippen LogP) is 3.09. The van der Waals surface area contributed by atoms with E-state index in [0.717, 1.165) is 11.1 Å². The lowest BCUT2D eigenvalue weighted by atomic mass is 10.1. The molecular weight excluding hydrogens is 352 g/mol. The molecule has 132 valence electrons. The van der Waals surface area contributed by atoms with Gasteiger partial charge in [0.05, 0.1) is 22.6 Å². The van der Waals surface area contributed by atoms with E-state index in [1.807, 2.05) is 32.0 Å². The molecular formula is C18H17ClN6O. The lowest BCUT2D eigenvalue weighted by Gasteiger charge is -2.21. The third kappa shape index (κ3) is 3.07. The lowest BCUT2D eigenvalue weighted by Crippen LogP contribution is -2.26. The number of nitriles is 1. The van der Waals surface area contributed by atoms with E-state index in [-0.39, 0.29) is 23.1 Å². The number of nitrogens with one attached hydrogen (secondary N) is 1. The topological polar surface area (TPSA) is 110 Å². The summed E-state index contributed by atoms with van der Waals surface area (Å²) in [5.74, 6) is 0.394. The molecule has 0 unspecified atom stereocenters. The Labute approximate surface area is 155 Å². The van der Waals surface area contributed by atoms with E-state index in [0.29, 0.717) is 22.8 Å². The van der Waals surface area contributed by atoms with Crippen LogP contribution < -0.4 is 16.6 Å². The number of hydrogen-bond donors (Lipinski definition) is 2. The molecule has 0 saturated heterocycles. The fourth-order valence-electron chi connectivity index (χ4n) is 2.93. The van der Waals surface area contributed by atoms with Crippen molar-refractivity contribution in [2.75, 3.05) is 11.1 Å². The molecule has 0 amide bonds. The molecule has 0 radical (unpaired) electrons. The summed E-state index contributed by atoms with van der Waals surface area (Å²) < 4.78 is 1.66. The maximum atomic E-state index is 12.9. The standard InChI is InChI=1S/C18H17ClN6O/c1-3-25-14(7-11-5-4-6-13(19)15(11)17(25)26)10(2)23-16-12(8-20)9-22-18(21)24-16/h4-7,9-10H,3H2,1-2H3,(H3,21,22,23,24)/t10-/m0/s1. The number of benzene rings is 1. The van der Waals surface area contributed by atoms with Crippen molar-refractivity contribution in [1.82, 2.24) is 14.5 Å². The van der Waals surface area contributed by atoms with Crippen molar-refractivity contribution in [3.05, 3.63) is 57.1 Å². The van der Waals surface area contributed by atoms with Crippen LogP contribution in [0.4, 0.5) is 11.8 Å². The molecule has 0 aliphatic carbocycles. The minimum atomic E-state index is -0.299. The van der Waals surface area contributed by atoms with Gasteiger partial charge >= 0.3 is 0 Å². The Morgan fingerprint density at radius 3 is 2.92 bits per heavy atom. The SMILES string of the molecule is CCn1c([C@H](C)Nc2nc(N)ncc2C#N)cc2cccc(Cl)c2c1=O. The Balaban J connectivity index is 2.12. The lowest BCUT2D eigenvalue weighted by molar-refractivity contribution is 0.650. The van der Waals surface area contributed by atoms with Crippen molar-refractivity contribution in [3.8, 4) is 6.07 Å². The van der Waals surface area contributed by atoms with E-state index < -0.39 is 0 Å². The Kier molecular flexibility index (Phi) is 4.78. The van der Waals surface area contributed by atoms with E-state index in [4.69, 9.17) is 17.3 Å². The van der Waals surface area contributed by atoms with Gasteiger partial charge in [0.25, 0.3) is 5.56 Å². The van der Waals surface area contributed by atoms with Crippen molar-refractivity contribution in [2.24, 2.45) is 0 Å². The Morgan fingerprint density at radius 2 is 2.23 bits per heavy atom. The van der Waals surface area contributed by atoms with Gasteiger partial charge in [0.1, 0.15) is 17.5 Å². The highest BCUT2D eigenvalue weighted by atomic mass is 35.5. The minimum Gasteiger partial charge on any atom is -0.368 e. The molecule has 0 aliphatic heterocycles. The fraction of sp³-hybridized carbons (Fsp3) is 0.222. The highest BCUT2D eigenvalue weighted by molar-refractivity contribution is 6.35. The van der Waals surface area contributed by atoms with Gasteiger partial charge in [0, 0.05) is 12.2 Å². The van der Waals surface area contributed by atoms with Gasteiger partial charge in [-0.2, -0.15) is 10.2 Å². The van der Waals surface area contributed by atoms with E-state index in [1.54, 1.807) is 16.7 Å². The molecule has 0 saturated carbocycles. The van der Waals surface area contributed by atoms with Gasteiger partial charge in [-0.15, -0.1) is 0 Å². The molecule has 3 rings (SSSR count). The zero-order chi connectivity index (χ0) is 18.8. The summed E-state index contributed by atoms with van der Waals surface area (Å²) in [7, 11) is 0. The summed E-state index contributed by atoms with van der Waals surface area (Å²) in [5, 5.41) is 14.1. The van der Waals surface area contributed by atoms with Crippen LogP contribution in [0.1, 0.15) is 31.1 Å². The van der Waals surface area contributed by atoms with E-state index in [9.17, 15) is 10.1 Å².